The Bertz CT molecular complexity index is 466. The number of nitrogens with zero attached hydrogens (tertiary/aromatic N) is 2. The summed E-state index contributed by atoms with van der Waals surface area (Å²) < 4.78 is 0. The third-order valence-electron chi connectivity index (χ3n) is 3.71. The number of nitrogens with two attached hydrogens (primary N) is 1. The second kappa shape index (κ2) is 7.64. The van der Waals surface area contributed by atoms with Crippen molar-refractivity contribution in [1.29, 1.82) is 0 Å². The monoisotopic (exact) mass is 308 g/mol. The third-order valence-corrected chi connectivity index (χ3v) is 4.67. The minimum atomic E-state index is -0.213. The molecule has 2 rings (SSSR count). The van der Waals surface area contributed by atoms with Crippen molar-refractivity contribution in [2.45, 2.75) is 68.8 Å². The highest BCUT2D eigenvalue weighted by Gasteiger charge is 2.20. The molecule has 0 bridgehead atoms. The van der Waals surface area contributed by atoms with Gasteiger partial charge in [-0.05, 0) is 26.7 Å². The van der Waals surface area contributed by atoms with E-state index in [2.05, 4.69) is 15.3 Å². The predicted molar refractivity (Wildman–Crippen MR) is 86.1 cm³/mol. The second-order valence-electron chi connectivity index (χ2n) is 5.67. The van der Waals surface area contributed by atoms with Gasteiger partial charge in [0.15, 0.2) is 5.16 Å². The number of carbonyl (C=O) groups is 1. The lowest BCUT2D eigenvalue weighted by Gasteiger charge is -2.19. The highest BCUT2D eigenvalue weighted by Crippen LogP contribution is 2.22. The standard InChI is InChI=1S/C15H24N4OS/c1-10-9-13(16)19-15(17-10)21-11(2)14(20)18-12-7-5-3-4-6-8-12/h9,11-12H,3-8H2,1-2H3,(H,18,20)(H2,16,17,19)/t11-/m1/s1. The maximum Gasteiger partial charge on any atom is 0.233 e. The smallest absolute Gasteiger partial charge is 0.233 e. The highest BCUT2D eigenvalue weighted by molar-refractivity contribution is 8.00. The van der Waals surface area contributed by atoms with Crippen molar-refractivity contribution in [3.63, 3.8) is 0 Å². The number of aromatic nitrogens is 2. The Labute approximate surface area is 130 Å². The van der Waals surface area contributed by atoms with Crippen molar-refractivity contribution in [3.05, 3.63) is 11.8 Å². The van der Waals surface area contributed by atoms with Gasteiger partial charge in [-0.2, -0.15) is 0 Å². The molecular formula is C15H24N4OS. The zero-order valence-corrected chi connectivity index (χ0v) is 13.6. The number of carbonyl (C=O) groups excluding carboxylic acids is 1. The van der Waals surface area contributed by atoms with Crippen molar-refractivity contribution >= 4 is 23.5 Å². The van der Waals surface area contributed by atoms with E-state index in [4.69, 9.17) is 5.73 Å². The van der Waals surface area contributed by atoms with Crippen LogP contribution in [0, 0.1) is 6.92 Å². The lowest BCUT2D eigenvalue weighted by molar-refractivity contribution is -0.121. The van der Waals surface area contributed by atoms with Crippen LogP contribution < -0.4 is 11.1 Å². The molecule has 3 N–H and O–H groups in total. The Hall–Kier alpha value is -1.30. The molecule has 1 aromatic rings. The van der Waals surface area contributed by atoms with E-state index in [0.29, 0.717) is 17.0 Å². The predicted octanol–water partition coefficient (Wildman–Crippen LogP) is 2.69. The van der Waals surface area contributed by atoms with E-state index in [1.165, 1.54) is 37.4 Å². The Kier molecular flexibility index (Phi) is 5.85. The van der Waals surface area contributed by atoms with Gasteiger partial charge in [0, 0.05) is 17.8 Å². The summed E-state index contributed by atoms with van der Waals surface area (Å²) >= 11 is 1.36. The van der Waals surface area contributed by atoms with Crippen molar-refractivity contribution in [2.24, 2.45) is 0 Å². The van der Waals surface area contributed by atoms with E-state index < -0.39 is 0 Å². The molecular weight excluding hydrogens is 284 g/mol. The number of anilines is 1. The zero-order valence-electron chi connectivity index (χ0n) is 12.8. The average molecular weight is 308 g/mol. The van der Waals surface area contributed by atoms with Crippen LogP contribution in [0.4, 0.5) is 5.82 Å². The summed E-state index contributed by atoms with van der Waals surface area (Å²) in [5.41, 5.74) is 6.53. The van der Waals surface area contributed by atoms with Gasteiger partial charge in [0.1, 0.15) is 5.82 Å². The molecule has 5 nitrogen and oxygen atoms in total. The van der Waals surface area contributed by atoms with Crippen molar-refractivity contribution < 1.29 is 4.79 Å². The first-order chi connectivity index (χ1) is 10.0. The number of nitrogen functional groups attached to an aromatic ring is 1. The first kappa shape index (κ1) is 16.1. The summed E-state index contributed by atoms with van der Waals surface area (Å²) in [5, 5.41) is 3.51. The van der Waals surface area contributed by atoms with Gasteiger partial charge in [-0.25, -0.2) is 9.97 Å². The Morgan fingerprint density at radius 2 is 2.00 bits per heavy atom. The fraction of sp³-hybridized carbons (Fsp3) is 0.667. The van der Waals surface area contributed by atoms with E-state index in [1.54, 1.807) is 6.07 Å². The quantitative estimate of drug-likeness (QED) is 0.508. The van der Waals surface area contributed by atoms with Crippen LogP contribution in [0.5, 0.6) is 0 Å². The number of aryl methyl sites for hydroxylation is 1. The van der Waals surface area contributed by atoms with Gasteiger partial charge < -0.3 is 11.1 Å². The van der Waals surface area contributed by atoms with E-state index >= 15 is 0 Å². The summed E-state index contributed by atoms with van der Waals surface area (Å²) in [4.78, 5) is 20.8. The van der Waals surface area contributed by atoms with Crippen molar-refractivity contribution in [2.75, 3.05) is 5.73 Å². The van der Waals surface area contributed by atoms with Crippen LogP contribution in [0.1, 0.15) is 51.1 Å². The maximum atomic E-state index is 12.3. The van der Waals surface area contributed by atoms with Gasteiger partial charge in [0.05, 0.1) is 5.25 Å². The highest BCUT2D eigenvalue weighted by atomic mass is 32.2. The molecule has 6 heteroatoms. The molecule has 1 heterocycles. The molecule has 1 saturated carbocycles. The van der Waals surface area contributed by atoms with Crippen LogP contribution in [0.15, 0.2) is 11.2 Å². The second-order valence-corrected chi connectivity index (χ2v) is 6.98. The molecule has 1 aromatic heterocycles. The molecule has 0 aliphatic heterocycles. The van der Waals surface area contributed by atoms with Crippen molar-refractivity contribution in [1.82, 2.24) is 15.3 Å². The number of thioether (sulfide) groups is 1. The van der Waals surface area contributed by atoms with Gasteiger partial charge in [0.25, 0.3) is 0 Å². The molecule has 0 spiro atoms. The molecule has 1 fully saturated rings. The van der Waals surface area contributed by atoms with Crippen LogP contribution in [0.25, 0.3) is 0 Å². The number of amides is 1. The molecule has 1 atom stereocenters. The summed E-state index contributed by atoms with van der Waals surface area (Å²) in [7, 11) is 0. The number of hydrogen-bond donors (Lipinski definition) is 2. The van der Waals surface area contributed by atoms with Crippen LogP contribution in [0.2, 0.25) is 0 Å². The number of hydrogen-bond acceptors (Lipinski definition) is 5. The molecule has 0 radical (unpaired) electrons. The molecule has 0 saturated heterocycles. The molecule has 1 aliphatic rings. The van der Waals surface area contributed by atoms with Crippen LogP contribution >= 0.6 is 11.8 Å². The third kappa shape index (κ3) is 5.19. The molecule has 21 heavy (non-hydrogen) atoms. The Morgan fingerprint density at radius 3 is 2.62 bits per heavy atom. The molecule has 1 amide bonds. The molecule has 0 aromatic carbocycles. The fourth-order valence-corrected chi connectivity index (χ4v) is 3.42. The molecule has 116 valence electrons. The molecule has 1 aliphatic carbocycles. The minimum Gasteiger partial charge on any atom is -0.384 e. The summed E-state index contributed by atoms with van der Waals surface area (Å²) in [6.45, 7) is 3.76. The van der Waals surface area contributed by atoms with E-state index in [9.17, 15) is 4.79 Å². The first-order valence-corrected chi connectivity index (χ1v) is 8.51. The van der Waals surface area contributed by atoms with Gasteiger partial charge in [-0.15, -0.1) is 0 Å². The van der Waals surface area contributed by atoms with Gasteiger partial charge in [0.2, 0.25) is 5.91 Å². The largest absolute Gasteiger partial charge is 0.384 e. The van der Waals surface area contributed by atoms with Gasteiger partial charge in [-0.1, -0.05) is 37.4 Å². The number of rotatable bonds is 4. The maximum absolute atomic E-state index is 12.3. The fourth-order valence-electron chi connectivity index (χ4n) is 2.57. The van der Waals surface area contributed by atoms with E-state index in [-0.39, 0.29) is 11.2 Å². The lowest BCUT2D eigenvalue weighted by atomic mass is 10.1. The molecule has 0 unspecified atom stereocenters. The SMILES string of the molecule is Cc1cc(N)nc(S[C@H](C)C(=O)NC2CCCCCC2)n1. The minimum absolute atomic E-state index is 0.0653. The Morgan fingerprint density at radius 1 is 1.33 bits per heavy atom. The average Bonchev–Trinajstić information content (AvgIpc) is 2.66. The van der Waals surface area contributed by atoms with Crippen LogP contribution in [-0.4, -0.2) is 27.2 Å². The summed E-state index contributed by atoms with van der Waals surface area (Å²) in [6, 6.07) is 2.05. The first-order valence-electron chi connectivity index (χ1n) is 7.63. The normalized spacial score (nSPS) is 18.0. The Balaban J connectivity index is 1.89. The summed E-state index contributed by atoms with van der Waals surface area (Å²) in [5.74, 6) is 0.511. The topological polar surface area (TPSA) is 80.9 Å². The lowest BCUT2D eigenvalue weighted by Crippen LogP contribution is -2.39. The van der Waals surface area contributed by atoms with Gasteiger partial charge >= 0.3 is 0 Å². The van der Waals surface area contributed by atoms with E-state index in [0.717, 1.165) is 18.5 Å². The van der Waals surface area contributed by atoms with Crippen molar-refractivity contribution in [3.8, 4) is 0 Å². The van der Waals surface area contributed by atoms with E-state index in [1.807, 2.05) is 13.8 Å². The van der Waals surface area contributed by atoms with Crippen LogP contribution in [-0.2, 0) is 4.79 Å². The summed E-state index contributed by atoms with van der Waals surface area (Å²) in [6.07, 6.45) is 7.18. The van der Waals surface area contributed by atoms with Crippen LogP contribution in [0.3, 0.4) is 0 Å². The number of nitrogens with one attached hydrogen (secondary N) is 1. The van der Waals surface area contributed by atoms with Gasteiger partial charge in [-0.3, -0.25) is 4.79 Å². The zero-order chi connectivity index (χ0) is 15.2.